The van der Waals surface area contributed by atoms with Crippen LogP contribution in [0.3, 0.4) is 0 Å². The Morgan fingerprint density at radius 1 is 1.15 bits per heavy atom. The molecule has 0 spiro atoms. The van der Waals surface area contributed by atoms with Gasteiger partial charge in [-0.05, 0) is 25.5 Å². The number of nitrogens with zero attached hydrogens (tertiary/aromatic N) is 7. The minimum atomic E-state index is -0.526. The summed E-state index contributed by atoms with van der Waals surface area (Å²) >= 11 is 0. The highest BCUT2D eigenvalue weighted by Gasteiger charge is 2.15. The van der Waals surface area contributed by atoms with Gasteiger partial charge >= 0.3 is 0 Å². The zero-order valence-corrected chi connectivity index (χ0v) is 14.6. The smallest absolute Gasteiger partial charge is 0.213 e. The third-order valence-corrected chi connectivity index (χ3v) is 4.29. The van der Waals surface area contributed by atoms with Gasteiger partial charge in [0.15, 0.2) is 11.5 Å². The Kier molecular flexibility index (Phi) is 4.16. The molecule has 8 heteroatoms. The number of fused-ring (bicyclic) bond motifs is 1. The Labute approximate surface area is 149 Å². The van der Waals surface area contributed by atoms with Gasteiger partial charge in [0.05, 0.1) is 12.2 Å². The van der Waals surface area contributed by atoms with Crippen molar-refractivity contribution in [3.8, 4) is 11.5 Å². The van der Waals surface area contributed by atoms with Gasteiger partial charge in [0, 0.05) is 18.0 Å². The highest BCUT2D eigenvalue weighted by atomic mass is 19.1. The van der Waals surface area contributed by atoms with Crippen molar-refractivity contribution < 1.29 is 4.39 Å². The molecule has 0 atom stereocenters. The van der Waals surface area contributed by atoms with E-state index in [0.29, 0.717) is 18.1 Å². The second-order valence-electron chi connectivity index (χ2n) is 6.08. The first-order chi connectivity index (χ1) is 12.7. The average molecular weight is 351 g/mol. The van der Waals surface area contributed by atoms with Crippen LogP contribution in [0.25, 0.3) is 17.2 Å². The lowest BCUT2D eigenvalue weighted by Crippen LogP contribution is -2.09. The lowest BCUT2D eigenvalue weighted by Gasteiger charge is -2.12. The summed E-state index contributed by atoms with van der Waals surface area (Å²) < 4.78 is 17.3. The van der Waals surface area contributed by atoms with Crippen molar-refractivity contribution in [2.24, 2.45) is 0 Å². The normalized spacial score (nSPS) is 11.3. The molecule has 4 rings (SSSR count). The maximum atomic E-state index is 13.5. The number of pyridine rings is 1. The number of rotatable bonds is 5. The third kappa shape index (κ3) is 2.83. The summed E-state index contributed by atoms with van der Waals surface area (Å²) in [5, 5.41) is 8.46. The summed E-state index contributed by atoms with van der Waals surface area (Å²) in [6.07, 6.45) is 7.10. The van der Waals surface area contributed by atoms with Gasteiger partial charge in [0.1, 0.15) is 17.8 Å². The fourth-order valence-corrected chi connectivity index (χ4v) is 3.05. The molecule has 132 valence electrons. The Bertz CT molecular complexity index is 1070. The second kappa shape index (κ2) is 6.62. The molecule has 0 unspecified atom stereocenters. The summed E-state index contributed by atoms with van der Waals surface area (Å²) in [4.78, 5) is 12.9. The zero-order chi connectivity index (χ0) is 18.1. The van der Waals surface area contributed by atoms with E-state index in [2.05, 4.69) is 32.1 Å². The molecule has 7 nitrogen and oxygen atoms in total. The molecular formula is C18H18FN7. The Balaban J connectivity index is 1.77. The number of aryl methyl sites for hydroxylation is 2. The number of hydrogen-bond acceptors (Lipinski definition) is 5. The molecule has 26 heavy (non-hydrogen) atoms. The molecule has 0 amide bonds. The zero-order valence-electron chi connectivity index (χ0n) is 14.6. The Hall–Kier alpha value is -3.16. The van der Waals surface area contributed by atoms with Crippen LogP contribution < -0.4 is 0 Å². The minimum Gasteiger partial charge on any atom is -0.324 e. The Morgan fingerprint density at radius 3 is 2.85 bits per heavy atom. The molecule has 4 aromatic heterocycles. The molecule has 0 aromatic carbocycles. The maximum absolute atomic E-state index is 13.5. The molecule has 0 saturated heterocycles. The van der Waals surface area contributed by atoms with Crippen LogP contribution in [0, 0.1) is 12.9 Å². The molecular weight excluding hydrogens is 333 g/mol. The second-order valence-corrected chi connectivity index (χ2v) is 6.08. The topological polar surface area (TPSA) is 73.8 Å². The molecule has 0 saturated carbocycles. The summed E-state index contributed by atoms with van der Waals surface area (Å²) in [7, 11) is 0. The van der Waals surface area contributed by atoms with Gasteiger partial charge in [-0.25, -0.2) is 15.0 Å². The van der Waals surface area contributed by atoms with Crippen LogP contribution in [0.5, 0.6) is 0 Å². The largest absolute Gasteiger partial charge is 0.324 e. The van der Waals surface area contributed by atoms with Gasteiger partial charge in [-0.3, -0.25) is 4.40 Å². The molecule has 0 aliphatic carbocycles. The number of hydrogen-bond donors (Lipinski definition) is 0. The van der Waals surface area contributed by atoms with Gasteiger partial charge in [0.25, 0.3) is 0 Å². The fraction of sp³-hybridized carbons (Fsp3) is 0.278. The predicted octanol–water partition coefficient (Wildman–Crippen LogP) is 2.83. The van der Waals surface area contributed by atoms with E-state index < -0.39 is 5.95 Å². The van der Waals surface area contributed by atoms with Crippen LogP contribution in [0.4, 0.5) is 4.39 Å². The van der Waals surface area contributed by atoms with Crippen LogP contribution in [0.15, 0.2) is 36.9 Å². The van der Waals surface area contributed by atoms with Crippen molar-refractivity contribution in [1.82, 2.24) is 34.1 Å². The molecule has 0 fully saturated rings. The predicted molar refractivity (Wildman–Crippen MR) is 94.0 cm³/mol. The van der Waals surface area contributed by atoms with Crippen LogP contribution in [-0.2, 0) is 13.0 Å². The van der Waals surface area contributed by atoms with Gasteiger partial charge in [-0.2, -0.15) is 4.39 Å². The standard InChI is InChI=1S/C18H18FN7/c1-3-5-13-15(21-11-26-12(2)23-24-17(13)26)10-25-9-8-20-18(25)14-6-4-7-16(19)22-14/h4,6-9,11H,3,5,10H2,1-2H3. The van der Waals surface area contributed by atoms with E-state index in [-0.39, 0.29) is 0 Å². The van der Waals surface area contributed by atoms with Crippen LogP contribution in [0.2, 0.25) is 0 Å². The van der Waals surface area contributed by atoms with E-state index in [1.54, 1.807) is 24.7 Å². The molecule has 4 heterocycles. The van der Waals surface area contributed by atoms with Crippen molar-refractivity contribution in [1.29, 1.82) is 0 Å². The summed E-state index contributed by atoms with van der Waals surface area (Å²) in [6, 6.07) is 4.69. The van der Waals surface area contributed by atoms with Crippen molar-refractivity contribution in [2.45, 2.75) is 33.2 Å². The van der Waals surface area contributed by atoms with Crippen molar-refractivity contribution in [2.75, 3.05) is 0 Å². The van der Waals surface area contributed by atoms with Gasteiger partial charge in [0.2, 0.25) is 5.95 Å². The van der Waals surface area contributed by atoms with Crippen molar-refractivity contribution >= 4 is 5.65 Å². The van der Waals surface area contributed by atoms with E-state index >= 15 is 0 Å². The van der Waals surface area contributed by atoms with Crippen molar-refractivity contribution in [3.05, 3.63) is 59.9 Å². The van der Waals surface area contributed by atoms with Gasteiger partial charge < -0.3 is 4.57 Å². The molecule has 0 aliphatic heterocycles. The maximum Gasteiger partial charge on any atom is 0.213 e. The van der Waals surface area contributed by atoms with E-state index in [1.807, 2.05) is 22.1 Å². The number of imidazole rings is 1. The van der Waals surface area contributed by atoms with Crippen LogP contribution in [-0.4, -0.2) is 34.1 Å². The third-order valence-electron chi connectivity index (χ3n) is 4.29. The van der Waals surface area contributed by atoms with Gasteiger partial charge in [-0.1, -0.05) is 19.4 Å². The van der Waals surface area contributed by atoms with Gasteiger partial charge in [-0.15, -0.1) is 10.2 Å². The molecule has 0 aliphatic rings. The lowest BCUT2D eigenvalue weighted by molar-refractivity contribution is 0.584. The van der Waals surface area contributed by atoms with Crippen molar-refractivity contribution in [3.63, 3.8) is 0 Å². The highest BCUT2D eigenvalue weighted by molar-refractivity contribution is 5.52. The highest BCUT2D eigenvalue weighted by Crippen LogP contribution is 2.20. The summed E-state index contributed by atoms with van der Waals surface area (Å²) in [5.41, 5.74) is 3.30. The Morgan fingerprint density at radius 2 is 2.04 bits per heavy atom. The first-order valence-electron chi connectivity index (χ1n) is 8.49. The van der Waals surface area contributed by atoms with E-state index in [4.69, 9.17) is 0 Å². The fourth-order valence-electron chi connectivity index (χ4n) is 3.05. The summed E-state index contributed by atoms with van der Waals surface area (Å²) in [6.45, 7) is 4.53. The van der Waals surface area contributed by atoms with E-state index in [0.717, 1.165) is 35.6 Å². The summed E-state index contributed by atoms with van der Waals surface area (Å²) in [5.74, 6) is 0.886. The molecule has 0 N–H and O–H groups in total. The first-order valence-corrected chi connectivity index (χ1v) is 8.49. The quantitative estimate of drug-likeness (QED) is 0.517. The SMILES string of the molecule is CCCc1c(Cn2ccnc2-c2cccc(F)n2)ncn2c(C)nnc12. The minimum absolute atomic E-state index is 0.492. The first kappa shape index (κ1) is 16.3. The average Bonchev–Trinajstić information content (AvgIpc) is 3.24. The monoisotopic (exact) mass is 351 g/mol. The van der Waals surface area contributed by atoms with E-state index in [1.165, 1.54) is 6.07 Å². The van der Waals surface area contributed by atoms with Crippen LogP contribution in [0.1, 0.15) is 30.4 Å². The molecule has 0 radical (unpaired) electrons. The molecule has 4 aromatic rings. The molecule has 0 bridgehead atoms. The lowest BCUT2D eigenvalue weighted by atomic mass is 10.1. The van der Waals surface area contributed by atoms with Crippen LogP contribution >= 0.6 is 0 Å². The number of aromatic nitrogens is 7. The van der Waals surface area contributed by atoms with E-state index in [9.17, 15) is 4.39 Å². The number of halogens is 1.